The summed E-state index contributed by atoms with van der Waals surface area (Å²) in [4.78, 5) is 27.2. The molecule has 2 aliphatic rings. The van der Waals surface area contributed by atoms with Crippen molar-refractivity contribution in [2.45, 2.75) is 25.7 Å². The van der Waals surface area contributed by atoms with Crippen molar-refractivity contribution in [1.29, 1.82) is 0 Å². The molecule has 1 aromatic rings. The highest BCUT2D eigenvalue weighted by Crippen LogP contribution is 2.47. The molecule has 2 amide bonds. The van der Waals surface area contributed by atoms with Crippen LogP contribution >= 0.6 is 11.3 Å². The third kappa shape index (κ3) is 2.78. The summed E-state index contributed by atoms with van der Waals surface area (Å²) in [6, 6.07) is 0. The second-order valence-electron chi connectivity index (χ2n) is 5.44. The lowest BCUT2D eigenvalue weighted by Crippen LogP contribution is -2.39. The van der Waals surface area contributed by atoms with Crippen LogP contribution in [0.25, 0.3) is 0 Å². The van der Waals surface area contributed by atoms with Crippen LogP contribution in [-0.2, 0) is 9.59 Å². The first-order valence-corrected chi connectivity index (χ1v) is 7.59. The molecule has 2 N–H and O–H groups in total. The Morgan fingerprint density at radius 3 is 2.84 bits per heavy atom. The molecule has 2 saturated carbocycles. The fourth-order valence-corrected chi connectivity index (χ4v) is 3.89. The van der Waals surface area contributed by atoms with Crippen molar-refractivity contribution in [2.24, 2.45) is 17.8 Å². The zero-order valence-electron chi connectivity index (χ0n) is 10.6. The summed E-state index contributed by atoms with van der Waals surface area (Å²) in [5.41, 5.74) is 0. The maximum Gasteiger partial charge on any atom is 0.315 e. The molecule has 1 aromatic heterocycles. The van der Waals surface area contributed by atoms with Gasteiger partial charge < -0.3 is 5.32 Å². The second kappa shape index (κ2) is 5.28. The number of carbonyl (C=O) groups excluding carboxylic acids is 2. The predicted octanol–water partition coefficient (Wildman–Crippen LogP) is 1.63. The number of rotatable bonds is 3. The van der Waals surface area contributed by atoms with E-state index < -0.39 is 11.8 Å². The quantitative estimate of drug-likeness (QED) is 0.826. The normalized spacial score (nSPS) is 28.3. The molecule has 102 valence electrons. The molecule has 0 radical (unpaired) electrons. The fourth-order valence-electron chi connectivity index (χ4n) is 3.37. The van der Waals surface area contributed by atoms with E-state index in [0.29, 0.717) is 17.6 Å². The lowest BCUT2D eigenvalue weighted by molar-refractivity contribution is -0.136. The van der Waals surface area contributed by atoms with Crippen LogP contribution < -0.4 is 10.6 Å². The van der Waals surface area contributed by atoms with Crippen molar-refractivity contribution in [3.8, 4) is 0 Å². The zero-order chi connectivity index (χ0) is 13.2. The van der Waals surface area contributed by atoms with Crippen molar-refractivity contribution < 1.29 is 9.59 Å². The van der Waals surface area contributed by atoms with E-state index in [1.54, 1.807) is 11.6 Å². The van der Waals surface area contributed by atoms with E-state index in [0.717, 1.165) is 11.8 Å². The second-order valence-corrected chi connectivity index (χ2v) is 6.33. The number of thiazole rings is 1. The third-order valence-electron chi connectivity index (χ3n) is 4.27. The summed E-state index contributed by atoms with van der Waals surface area (Å²) < 4.78 is 0. The van der Waals surface area contributed by atoms with E-state index in [2.05, 4.69) is 15.6 Å². The van der Waals surface area contributed by atoms with Gasteiger partial charge >= 0.3 is 11.8 Å². The van der Waals surface area contributed by atoms with Gasteiger partial charge in [-0.15, -0.1) is 11.3 Å². The maximum atomic E-state index is 11.7. The van der Waals surface area contributed by atoms with Gasteiger partial charge in [0.05, 0.1) is 0 Å². The number of anilines is 1. The lowest BCUT2D eigenvalue weighted by atomic mass is 9.89. The van der Waals surface area contributed by atoms with Crippen LogP contribution in [0.2, 0.25) is 0 Å². The average molecular weight is 279 g/mol. The van der Waals surface area contributed by atoms with Gasteiger partial charge in [-0.05, 0) is 37.0 Å². The summed E-state index contributed by atoms with van der Waals surface area (Å²) in [5, 5.41) is 7.45. The molecule has 2 aliphatic carbocycles. The lowest BCUT2D eigenvalue weighted by Gasteiger charge is -2.21. The summed E-state index contributed by atoms with van der Waals surface area (Å²) >= 11 is 1.30. The number of carbonyl (C=O) groups is 2. The Morgan fingerprint density at radius 1 is 1.32 bits per heavy atom. The molecule has 2 fully saturated rings. The molecule has 0 unspecified atom stereocenters. The van der Waals surface area contributed by atoms with Crippen LogP contribution in [0.3, 0.4) is 0 Å². The van der Waals surface area contributed by atoms with E-state index in [1.807, 2.05) is 0 Å². The molecule has 0 spiro atoms. The minimum absolute atomic E-state index is 0.458. The van der Waals surface area contributed by atoms with Gasteiger partial charge in [-0.1, -0.05) is 6.42 Å². The highest BCUT2D eigenvalue weighted by molar-refractivity contribution is 7.13. The Hall–Kier alpha value is -1.43. The number of amides is 2. The highest BCUT2D eigenvalue weighted by Gasteiger charge is 2.39. The number of aromatic nitrogens is 1. The van der Waals surface area contributed by atoms with Gasteiger partial charge in [0.2, 0.25) is 0 Å². The van der Waals surface area contributed by atoms with Crippen LogP contribution in [0.1, 0.15) is 25.7 Å². The molecule has 0 aromatic carbocycles. The van der Waals surface area contributed by atoms with Crippen LogP contribution in [-0.4, -0.2) is 23.3 Å². The van der Waals surface area contributed by atoms with Crippen molar-refractivity contribution in [1.82, 2.24) is 10.3 Å². The summed E-state index contributed by atoms with van der Waals surface area (Å²) in [6.45, 7) is 0.630. The van der Waals surface area contributed by atoms with Gasteiger partial charge in [-0.2, -0.15) is 0 Å². The SMILES string of the molecule is O=C(NC[C@H]1C[C@H]2CC[C@H]1C2)C(=O)Nc1nccs1. The first-order valence-electron chi connectivity index (χ1n) is 6.71. The molecule has 3 atom stereocenters. The number of nitrogens with zero attached hydrogens (tertiary/aromatic N) is 1. The van der Waals surface area contributed by atoms with E-state index in [-0.39, 0.29) is 0 Å². The van der Waals surface area contributed by atoms with E-state index in [9.17, 15) is 9.59 Å². The molecule has 2 bridgehead atoms. The standard InChI is InChI=1S/C13H17N3O2S/c17-11(12(18)16-13-14-3-4-19-13)15-7-10-6-8-1-2-9(10)5-8/h3-4,8-10H,1-2,5-7H2,(H,15,17)(H,14,16,18)/t8-,9-,10+/m0/s1. The van der Waals surface area contributed by atoms with Gasteiger partial charge in [-0.3, -0.25) is 14.9 Å². The summed E-state index contributed by atoms with van der Waals surface area (Å²) in [5.74, 6) is 0.995. The van der Waals surface area contributed by atoms with Crippen LogP contribution in [0.15, 0.2) is 11.6 Å². The Morgan fingerprint density at radius 2 is 2.21 bits per heavy atom. The van der Waals surface area contributed by atoms with Crippen molar-refractivity contribution in [2.75, 3.05) is 11.9 Å². The Labute approximate surface area is 115 Å². The minimum Gasteiger partial charge on any atom is -0.348 e. The third-order valence-corrected chi connectivity index (χ3v) is 4.96. The Balaban J connectivity index is 1.45. The van der Waals surface area contributed by atoms with Gasteiger partial charge in [0, 0.05) is 18.1 Å². The van der Waals surface area contributed by atoms with Crippen LogP contribution in [0, 0.1) is 17.8 Å². The van der Waals surface area contributed by atoms with Gasteiger partial charge in [-0.25, -0.2) is 4.98 Å². The first-order chi connectivity index (χ1) is 9.22. The molecule has 6 heteroatoms. The largest absolute Gasteiger partial charge is 0.348 e. The Bertz CT molecular complexity index is 474. The molecule has 3 rings (SSSR count). The van der Waals surface area contributed by atoms with Gasteiger partial charge in [0.25, 0.3) is 0 Å². The number of fused-ring (bicyclic) bond motifs is 2. The van der Waals surface area contributed by atoms with Crippen molar-refractivity contribution in [3.63, 3.8) is 0 Å². The molecule has 1 heterocycles. The van der Waals surface area contributed by atoms with E-state index >= 15 is 0 Å². The molecular weight excluding hydrogens is 262 g/mol. The average Bonchev–Trinajstić information content (AvgIpc) is 3.12. The first kappa shape index (κ1) is 12.6. The molecular formula is C13H17N3O2S. The molecule has 0 saturated heterocycles. The van der Waals surface area contributed by atoms with Crippen molar-refractivity contribution in [3.05, 3.63) is 11.6 Å². The number of nitrogens with one attached hydrogen (secondary N) is 2. The minimum atomic E-state index is -0.627. The molecule has 0 aliphatic heterocycles. The number of hydrogen-bond donors (Lipinski definition) is 2. The smallest absolute Gasteiger partial charge is 0.315 e. The Kier molecular flexibility index (Phi) is 3.50. The van der Waals surface area contributed by atoms with Gasteiger partial charge in [0.1, 0.15) is 0 Å². The highest BCUT2D eigenvalue weighted by atomic mass is 32.1. The predicted molar refractivity (Wildman–Crippen MR) is 72.7 cm³/mol. The van der Waals surface area contributed by atoms with Crippen LogP contribution in [0.5, 0.6) is 0 Å². The van der Waals surface area contributed by atoms with E-state index in [1.165, 1.54) is 37.0 Å². The number of hydrogen-bond acceptors (Lipinski definition) is 4. The maximum absolute atomic E-state index is 11.7. The van der Waals surface area contributed by atoms with Gasteiger partial charge in [0.15, 0.2) is 5.13 Å². The van der Waals surface area contributed by atoms with E-state index in [4.69, 9.17) is 0 Å². The summed E-state index contributed by atoms with van der Waals surface area (Å²) in [7, 11) is 0. The zero-order valence-corrected chi connectivity index (χ0v) is 11.4. The summed E-state index contributed by atoms with van der Waals surface area (Å²) in [6.07, 6.45) is 6.74. The van der Waals surface area contributed by atoms with Crippen LogP contribution in [0.4, 0.5) is 5.13 Å². The topological polar surface area (TPSA) is 71.1 Å². The molecule has 19 heavy (non-hydrogen) atoms. The molecule has 5 nitrogen and oxygen atoms in total. The monoisotopic (exact) mass is 279 g/mol. The van der Waals surface area contributed by atoms with Crippen molar-refractivity contribution >= 4 is 28.3 Å². The fraction of sp³-hybridized carbons (Fsp3) is 0.615.